The van der Waals surface area contributed by atoms with E-state index in [0.717, 1.165) is 48.9 Å². The van der Waals surface area contributed by atoms with Crippen LogP contribution in [0.15, 0.2) is 42.6 Å². The van der Waals surface area contributed by atoms with Gasteiger partial charge in [0.25, 0.3) is 0 Å². The number of ether oxygens (including phenoxy) is 2. The molecule has 1 saturated heterocycles. The number of unbranched alkanes of at least 4 members (excludes halogenated alkanes) is 1. The Kier molecular flexibility index (Phi) is 6.68. The van der Waals surface area contributed by atoms with Crippen molar-refractivity contribution in [1.82, 2.24) is 9.88 Å². The van der Waals surface area contributed by atoms with E-state index >= 15 is 0 Å². The second-order valence-electron chi connectivity index (χ2n) is 9.46. The molecule has 0 unspecified atom stereocenters. The number of carbonyl (C=O) groups excluding carboxylic acids is 1. The molecule has 2 aromatic carbocycles. The Balaban J connectivity index is 1.09. The van der Waals surface area contributed by atoms with Crippen molar-refractivity contribution < 1.29 is 14.3 Å². The number of aryl methyl sites for hydroxylation is 2. The molecule has 2 aliphatic rings. The lowest BCUT2D eigenvalue weighted by Gasteiger charge is -2.32. The van der Waals surface area contributed by atoms with Crippen LogP contribution in [0, 0.1) is 0 Å². The molecule has 5 rings (SSSR count). The van der Waals surface area contributed by atoms with E-state index in [9.17, 15) is 4.79 Å². The highest BCUT2D eigenvalue weighted by Gasteiger charge is 2.22. The van der Waals surface area contributed by atoms with Gasteiger partial charge in [-0.15, -0.1) is 0 Å². The third-order valence-corrected chi connectivity index (χ3v) is 7.35. The summed E-state index contributed by atoms with van der Waals surface area (Å²) < 4.78 is 10.6. The molecule has 0 spiro atoms. The summed E-state index contributed by atoms with van der Waals surface area (Å²) in [5, 5.41) is 1.13. The topological polar surface area (TPSA) is 54.6 Å². The third-order valence-electron chi connectivity index (χ3n) is 7.35. The van der Waals surface area contributed by atoms with Gasteiger partial charge in [0.15, 0.2) is 0 Å². The fourth-order valence-corrected chi connectivity index (χ4v) is 5.41. The molecule has 5 heteroatoms. The van der Waals surface area contributed by atoms with Crippen molar-refractivity contribution in [3.8, 4) is 5.75 Å². The van der Waals surface area contributed by atoms with E-state index in [4.69, 9.17) is 9.47 Å². The number of hydrogen-bond acceptors (Lipinski definition) is 4. The molecule has 1 aromatic heterocycles. The molecule has 0 bridgehead atoms. The molecular weight excluding hydrogens is 412 g/mol. The first-order valence-corrected chi connectivity index (χ1v) is 12.4. The minimum absolute atomic E-state index is 0.281. The van der Waals surface area contributed by atoms with Gasteiger partial charge in [-0.2, -0.15) is 0 Å². The highest BCUT2D eigenvalue weighted by molar-refractivity contribution is 5.95. The van der Waals surface area contributed by atoms with Gasteiger partial charge >= 0.3 is 5.97 Å². The van der Waals surface area contributed by atoms with Gasteiger partial charge in [-0.3, -0.25) is 0 Å². The number of benzene rings is 2. The highest BCUT2D eigenvalue weighted by atomic mass is 16.5. The zero-order chi connectivity index (χ0) is 22.6. The van der Waals surface area contributed by atoms with E-state index in [1.807, 2.05) is 18.2 Å². The maximum absolute atomic E-state index is 11.9. The quantitative estimate of drug-likeness (QED) is 0.386. The number of nitrogens with zero attached hydrogens (tertiary/aromatic N) is 1. The average molecular weight is 447 g/mol. The number of esters is 1. The van der Waals surface area contributed by atoms with Crippen molar-refractivity contribution in [2.75, 3.05) is 33.4 Å². The van der Waals surface area contributed by atoms with Crippen molar-refractivity contribution in [2.45, 2.75) is 50.9 Å². The van der Waals surface area contributed by atoms with Gasteiger partial charge in [0.2, 0.25) is 0 Å². The van der Waals surface area contributed by atoms with Crippen LogP contribution in [0.2, 0.25) is 0 Å². The standard InChI is InChI=1S/C28H34N2O3/c1-32-28(31)23-7-9-26-25(18-23)24(19-29-26)5-2-3-13-30-14-11-20(12-15-30)21-8-10-27-22(17-21)6-4-16-33-27/h7-10,17-20,29H,2-6,11-16H2,1H3. The van der Waals surface area contributed by atoms with Gasteiger partial charge in [0.05, 0.1) is 19.3 Å². The van der Waals surface area contributed by atoms with Crippen LogP contribution in [0.4, 0.5) is 0 Å². The van der Waals surface area contributed by atoms with Crippen LogP contribution in [-0.2, 0) is 17.6 Å². The maximum Gasteiger partial charge on any atom is 0.337 e. The van der Waals surface area contributed by atoms with Crippen LogP contribution in [0.25, 0.3) is 10.9 Å². The van der Waals surface area contributed by atoms with E-state index in [1.54, 1.807) is 0 Å². The van der Waals surface area contributed by atoms with Crippen LogP contribution < -0.4 is 4.74 Å². The van der Waals surface area contributed by atoms with Gasteiger partial charge in [0.1, 0.15) is 5.75 Å². The zero-order valence-corrected chi connectivity index (χ0v) is 19.6. The monoisotopic (exact) mass is 446 g/mol. The first kappa shape index (κ1) is 22.0. The van der Waals surface area contributed by atoms with Gasteiger partial charge in [-0.05, 0) is 111 Å². The lowest BCUT2D eigenvalue weighted by Crippen LogP contribution is -2.33. The molecule has 5 nitrogen and oxygen atoms in total. The van der Waals surface area contributed by atoms with Gasteiger partial charge in [0, 0.05) is 17.1 Å². The third kappa shape index (κ3) is 4.93. The number of H-pyrrole nitrogens is 1. The van der Waals surface area contributed by atoms with Gasteiger partial charge < -0.3 is 19.4 Å². The number of piperidine rings is 1. The largest absolute Gasteiger partial charge is 0.493 e. The molecule has 1 N–H and O–H groups in total. The summed E-state index contributed by atoms with van der Waals surface area (Å²) in [6.07, 6.45) is 10.3. The summed E-state index contributed by atoms with van der Waals surface area (Å²) in [6.45, 7) is 4.40. The summed E-state index contributed by atoms with van der Waals surface area (Å²) in [4.78, 5) is 17.8. The Bertz CT molecular complexity index is 1110. The highest BCUT2D eigenvalue weighted by Crippen LogP contribution is 2.33. The SMILES string of the molecule is COC(=O)c1ccc2[nH]cc(CCCCN3CCC(c4ccc5c(c4)CCCO5)CC3)c2c1. The van der Waals surface area contributed by atoms with Crippen LogP contribution in [0.5, 0.6) is 5.75 Å². The number of fused-ring (bicyclic) bond motifs is 2. The van der Waals surface area contributed by atoms with Crippen molar-refractivity contribution in [3.63, 3.8) is 0 Å². The van der Waals surface area contributed by atoms with Crippen molar-refractivity contribution in [3.05, 3.63) is 64.8 Å². The van der Waals surface area contributed by atoms with E-state index in [1.165, 1.54) is 62.7 Å². The Hall–Kier alpha value is -2.79. The number of likely N-dealkylation sites (tertiary alicyclic amines) is 1. The first-order valence-electron chi connectivity index (χ1n) is 12.4. The maximum atomic E-state index is 11.9. The number of aromatic amines is 1. The molecule has 174 valence electrons. The Morgan fingerprint density at radius 1 is 1.15 bits per heavy atom. The van der Waals surface area contributed by atoms with Crippen LogP contribution in [-0.4, -0.2) is 49.2 Å². The number of aromatic nitrogens is 1. The van der Waals surface area contributed by atoms with Gasteiger partial charge in [-0.25, -0.2) is 4.79 Å². The summed E-state index contributed by atoms with van der Waals surface area (Å²) in [5.74, 6) is 1.50. The van der Waals surface area contributed by atoms with E-state index < -0.39 is 0 Å². The predicted molar refractivity (Wildman–Crippen MR) is 131 cm³/mol. The van der Waals surface area contributed by atoms with Crippen molar-refractivity contribution >= 4 is 16.9 Å². The van der Waals surface area contributed by atoms with Crippen LogP contribution in [0.3, 0.4) is 0 Å². The fraction of sp³-hybridized carbons (Fsp3) is 0.464. The number of nitrogens with one attached hydrogen (secondary N) is 1. The average Bonchev–Trinajstić information content (AvgIpc) is 3.28. The lowest BCUT2D eigenvalue weighted by atomic mass is 9.87. The van der Waals surface area contributed by atoms with Crippen LogP contribution in [0.1, 0.15) is 65.1 Å². The molecule has 0 aliphatic carbocycles. The molecular formula is C28H34N2O3. The Morgan fingerprint density at radius 2 is 2.03 bits per heavy atom. The first-order chi connectivity index (χ1) is 16.2. The lowest BCUT2D eigenvalue weighted by molar-refractivity contribution is 0.0601. The number of methoxy groups -OCH3 is 1. The number of carbonyl (C=O) groups is 1. The second-order valence-corrected chi connectivity index (χ2v) is 9.46. The molecule has 0 atom stereocenters. The molecule has 3 aromatic rings. The predicted octanol–water partition coefficient (Wildman–Crippen LogP) is 5.48. The van der Waals surface area contributed by atoms with E-state index in [2.05, 4.69) is 34.3 Å². The minimum Gasteiger partial charge on any atom is -0.493 e. The van der Waals surface area contributed by atoms with E-state index in [-0.39, 0.29) is 5.97 Å². The Morgan fingerprint density at radius 3 is 2.88 bits per heavy atom. The van der Waals surface area contributed by atoms with Crippen LogP contribution >= 0.6 is 0 Å². The number of hydrogen-bond donors (Lipinski definition) is 1. The van der Waals surface area contributed by atoms with E-state index in [0.29, 0.717) is 11.5 Å². The van der Waals surface area contributed by atoms with Gasteiger partial charge in [-0.1, -0.05) is 12.1 Å². The summed E-state index contributed by atoms with van der Waals surface area (Å²) in [5.41, 5.74) is 5.88. The molecule has 0 saturated carbocycles. The summed E-state index contributed by atoms with van der Waals surface area (Å²) in [6, 6.07) is 12.6. The normalized spacial score (nSPS) is 17.0. The zero-order valence-electron chi connectivity index (χ0n) is 19.6. The molecule has 3 heterocycles. The summed E-state index contributed by atoms with van der Waals surface area (Å²) in [7, 11) is 1.43. The molecule has 0 amide bonds. The number of rotatable bonds is 7. The Labute approximate surface area is 196 Å². The smallest absolute Gasteiger partial charge is 0.337 e. The molecule has 0 radical (unpaired) electrons. The molecule has 2 aliphatic heterocycles. The molecule has 33 heavy (non-hydrogen) atoms. The molecule has 1 fully saturated rings. The fourth-order valence-electron chi connectivity index (χ4n) is 5.41. The summed E-state index contributed by atoms with van der Waals surface area (Å²) >= 11 is 0. The van der Waals surface area contributed by atoms with Crippen molar-refractivity contribution in [1.29, 1.82) is 0 Å². The van der Waals surface area contributed by atoms with Crippen molar-refractivity contribution in [2.24, 2.45) is 0 Å². The minimum atomic E-state index is -0.281. The second kappa shape index (κ2) is 10.0.